The van der Waals surface area contributed by atoms with Crippen molar-refractivity contribution in [3.8, 4) is 16.9 Å². The van der Waals surface area contributed by atoms with E-state index in [1.54, 1.807) is 26.8 Å². The van der Waals surface area contributed by atoms with Gasteiger partial charge in [-0.15, -0.1) is 0 Å². The summed E-state index contributed by atoms with van der Waals surface area (Å²) < 4.78 is 5.06. The Kier molecular flexibility index (Phi) is 9.01. The summed E-state index contributed by atoms with van der Waals surface area (Å²) in [6.45, 7) is 12.3. The van der Waals surface area contributed by atoms with Crippen LogP contribution in [0.1, 0.15) is 94.8 Å². The number of fused-ring (bicyclic) bond motifs is 3. The number of carbonyl (C=O) groups excluding carboxylic acids is 4. The molecular weight excluding hydrogens is 612 g/mol. The molecule has 0 saturated heterocycles. The molecule has 4 N–H and O–H groups in total. The molecule has 9 heteroatoms. The van der Waals surface area contributed by atoms with E-state index in [1.165, 1.54) is 6.07 Å². The van der Waals surface area contributed by atoms with Crippen molar-refractivity contribution in [2.24, 2.45) is 22.7 Å². The van der Waals surface area contributed by atoms with E-state index in [0.717, 1.165) is 29.2 Å². The summed E-state index contributed by atoms with van der Waals surface area (Å²) in [5.41, 5.74) is -1.81. The van der Waals surface area contributed by atoms with Crippen molar-refractivity contribution >= 4 is 23.3 Å². The first-order valence-electron chi connectivity index (χ1n) is 16.8. The van der Waals surface area contributed by atoms with Crippen LogP contribution in [0.4, 0.5) is 0 Å². The van der Waals surface area contributed by atoms with Crippen molar-refractivity contribution in [2.45, 2.75) is 92.6 Å². The second-order valence-corrected chi connectivity index (χ2v) is 14.5. The number of phenolic OH excluding ortho intramolecular Hbond substituents is 1. The Morgan fingerprint density at radius 2 is 1.71 bits per heavy atom. The summed E-state index contributed by atoms with van der Waals surface area (Å²) in [6, 6.07) is 9.33. The van der Waals surface area contributed by atoms with Gasteiger partial charge in [0.25, 0.3) is 0 Å². The molecule has 3 aliphatic rings. The second kappa shape index (κ2) is 12.3. The molecule has 0 spiro atoms. The van der Waals surface area contributed by atoms with Gasteiger partial charge in [-0.2, -0.15) is 0 Å². The SMILES string of the molecule is CCOC(=O)CCCc1ccc(CC)c(-c2ccc(O)c3c2C[C@]2(C)C[C@]4(C)C(C(C)C)C(O)=C(C(C)=O)C(=O)[C@]4(O)C(O)=C2C3=O)c1. The lowest BCUT2D eigenvalue weighted by Crippen LogP contribution is -2.67. The third kappa shape index (κ3) is 5.09. The molecule has 48 heavy (non-hydrogen) atoms. The Bertz CT molecular complexity index is 1800. The molecule has 1 unspecified atom stereocenters. The average molecular weight is 659 g/mol. The largest absolute Gasteiger partial charge is 0.511 e. The lowest BCUT2D eigenvalue weighted by atomic mass is 9.44. The maximum absolute atomic E-state index is 14.5. The summed E-state index contributed by atoms with van der Waals surface area (Å²) in [6.07, 6.45) is 2.43. The third-order valence-corrected chi connectivity index (χ3v) is 10.9. The number of phenols is 1. The number of aliphatic hydroxyl groups is 3. The summed E-state index contributed by atoms with van der Waals surface area (Å²) in [5, 5.41) is 46.8. The highest BCUT2D eigenvalue weighted by atomic mass is 16.5. The minimum Gasteiger partial charge on any atom is -0.511 e. The second-order valence-electron chi connectivity index (χ2n) is 14.5. The molecule has 0 heterocycles. The van der Waals surface area contributed by atoms with Gasteiger partial charge in [-0.25, -0.2) is 0 Å². The molecule has 5 rings (SSSR count). The number of hydrogen-bond donors (Lipinski definition) is 4. The topological polar surface area (TPSA) is 158 Å². The maximum Gasteiger partial charge on any atom is 0.305 e. The monoisotopic (exact) mass is 658 g/mol. The van der Waals surface area contributed by atoms with Gasteiger partial charge in [0.2, 0.25) is 5.78 Å². The summed E-state index contributed by atoms with van der Waals surface area (Å²) >= 11 is 0. The Labute approximate surface area is 281 Å². The van der Waals surface area contributed by atoms with E-state index < -0.39 is 56.8 Å². The molecule has 0 saturated carbocycles. The van der Waals surface area contributed by atoms with Crippen LogP contribution in [0.15, 0.2) is 53.0 Å². The number of aromatic hydroxyl groups is 1. The summed E-state index contributed by atoms with van der Waals surface area (Å²) in [7, 11) is 0. The Balaban J connectivity index is 1.69. The number of ketones is 3. The minimum absolute atomic E-state index is 0.0117. The predicted molar refractivity (Wildman–Crippen MR) is 180 cm³/mol. The van der Waals surface area contributed by atoms with Gasteiger partial charge < -0.3 is 25.2 Å². The lowest BCUT2D eigenvalue weighted by Gasteiger charge is -2.59. The van der Waals surface area contributed by atoms with Crippen LogP contribution in [0.2, 0.25) is 0 Å². The molecule has 0 aliphatic heterocycles. The first-order valence-corrected chi connectivity index (χ1v) is 16.8. The number of Topliss-reactive ketones (excluding diaryl/α,β-unsaturated/α-hetero) is 3. The lowest BCUT2D eigenvalue weighted by molar-refractivity contribution is -0.171. The predicted octanol–water partition coefficient (Wildman–Crippen LogP) is 6.46. The zero-order chi connectivity index (χ0) is 35.5. The van der Waals surface area contributed by atoms with E-state index in [1.807, 2.05) is 39.0 Å². The standard InChI is InChI=1S/C39H46O9/c1-8-23-14-13-22(11-10-12-28(42)48-9-2)17-25(23)24-15-16-27(41)30-26(24)18-37(6)19-38(7)31(20(3)4)33(43)29(21(5)40)35(45)39(38,47)36(46)32(37)34(30)44/h13-17,20,31,41,43,46-47H,8-12,18-19H2,1-7H3/t31?,37-,38-,39+/m1/s1. The summed E-state index contributed by atoms with van der Waals surface area (Å²) in [5.74, 6) is -5.62. The number of ether oxygens (including phenoxy) is 1. The average Bonchev–Trinajstić information content (AvgIpc) is 2.99. The summed E-state index contributed by atoms with van der Waals surface area (Å²) in [4.78, 5) is 53.0. The number of aliphatic hydroxyl groups excluding tert-OH is 2. The minimum atomic E-state index is -2.66. The van der Waals surface area contributed by atoms with Gasteiger partial charge in [0.1, 0.15) is 22.8 Å². The van der Waals surface area contributed by atoms with Gasteiger partial charge in [0.05, 0.1) is 12.2 Å². The molecule has 9 nitrogen and oxygen atoms in total. The van der Waals surface area contributed by atoms with E-state index >= 15 is 0 Å². The molecule has 256 valence electrons. The zero-order valence-corrected chi connectivity index (χ0v) is 28.8. The van der Waals surface area contributed by atoms with Crippen LogP contribution in [0.25, 0.3) is 11.1 Å². The molecule has 2 aromatic carbocycles. The van der Waals surface area contributed by atoms with Crippen LogP contribution in [0, 0.1) is 22.7 Å². The molecule has 0 aromatic heterocycles. The Morgan fingerprint density at radius 3 is 2.31 bits per heavy atom. The number of carbonyl (C=O) groups is 4. The van der Waals surface area contributed by atoms with Gasteiger partial charge in [-0.1, -0.05) is 58.9 Å². The van der Waals surface area contributed by atoms with Gasteiger partial charge in [0, 0.05) is 28.7 Å². The fourth-order valence-electron chi connectivity index (χ4n) is 8.99. The zero-order valence-electron chi connectivity index (χ0n) is 28.8. The van der Waals surface area contributed by atoms with Crippen molar-refractivity contribution in [2.75, 3.05) is 6.61 Å². The van der Waals surface area contributed by atoms with E-state index in [-0.39, 0.29) is 41.6 Å². The molecule has 4 atom stereocenters. The molecule has 0 radical (unpaired) electrons. The first kappa shape index (κ1) is 35.1. The fourth-order valence-corrected chi connectivity index (χ4v) is 8.99. The van der Waals surface area contributed by atoms with E-state index in [9.17, 15) is 39.6 Å². The van der Waals surface area contributed by atoms with Crippen molar-refractivity contribution in [1.29, 1.82) is 0 Å². The molecular formula is C39H46O9. The fraction of sp³-hybridized carbons (Fsp3) is 0.487. The van der Waals surface area contributed by atoms with E-state index in [2.05, 4.69) is 0 Å². The number of rotatable bonds is 9. The van der Waals surface area contributed by atoms with Crippen LogP contribution in [0.3, 0.4) is 0 Å². The molecule has 2 aromatic rings. The van der Waals surface area contributed by atoms with E-state index in [4.69, 9.17) is 4.74 Å². The van der Waals surface area contributed by atoms with Crippen LogP contribution >= 0.6 is 0 Å². The number of aryl methyl sites for hydroxylation is 2. The number of hydrogen-bond acceptors (Lipinski definition) is 9. The van der Waals surface area contributed by atoms with Gasteiger partial charge in [-0.3, -0.25) is 19.2 Å². The Hall–Kier alpha value is -4.24. The van der Waals surface area contributed by atoms with Crippen LogP contribution < -0.4 is 0 Å². The molecule has 3 aliphatic carbocycles. The Morgan fingerprint density at radius 1 is 1.02 bits per heavy atom. The van der Waals surface area contributed by atoms with Crippen LogP contribution in [-0.4, -0.2) is 56.0 Å². The number of allylic oxidation sites excluding steroid dienone is 2. The highest BCUT2D eigenvalue weighted by Gasteiger charge is 2.71. The maximum atomic E-state index is 14.5. The van der Waals surface area contributed by atoms with Crippen molar-refractivity contribution in [1.82, 2.24) is 0 Å². The van der Waals surface area contributed by atoms with E-state index in [0.29, 0.717) is 37.9 Å². The van der Waals surface area contributed by atoms with Crippen LogP contribution in [0.5, 0.6) is 5.75 Å². The van der Waals surface area contributed by atoms with Crippen molar-refractivity contribution in [3.63, 3.8) is 0 Å². The molecule has 0 bridgehead atoms. The number of esters is 1. The normalized spacial score (nSPS) is 26.7. The van der Waals surface area contributed by atoms with Crippen molar-refractivity contribution in [3.05, 3.63) is 75.3 Å². The van der Waals surface area contributed by atoms with Crippen LogP contribution in [-0.2, 0) is 38.4 Å². The van der Waals surface area contributed by atoms with Gasteiger partial charge >= 0.3 is 5.97 Å². The smallest absolute Gasteiger partial charge is 0.305 e. The van der Waals surface area contributed by atoms with Gasteiger partial charge in [0.15, 0.2) is 17.2 Å². The number of benzene rings is 2. The molecule has 0 fully saturated rings. The first-order chi connectivity index (χ1) is 22.5. The highest BCUT2D eigenvalue weighted by Crippen LogP contribution is 2.65. The molecule has 0 amide bonds. The van der Waals surface area contributed by atoms with Gasteiger partial charge in [-0.05, 0) is 85.8 Å². The highest BCUT2D eigenvalue weighted by molar-refractivity contribution is 6.25. The quantitative estimate of drug-likeness (QED) is 0.175. The third-order valence-electron chi connectivity index (χ3n) is 10.9. The van der Waals surface area contributed by atoms with Crippen molar-refractivity contribution < 1.29 is 44.3 Å².